The smallest absolute Gasteiger partial charge is 0.328 e. The Morgan fingerprint density at radius 3 is 2.68 bits per heavy atom. The molecule has 0 unspecified atom stereocenters. The molecule has 0 fully saturated rings. The first kappa shape index (κ1) is 15.6. The molecule has 1 N–H and O–H groups in total. The molecule has 2 rings (SSSR count). The minimum atomic E-state index is -0.987. The van der Waals surface area contributed by atoms with Crippen LogP contribution >= 0.6 is 0 Å². The molecule has 0 saturated heterocycles. The van der Waals surface area contributed by atoms with E-state index >= 15 is 0 Å². The van der Waals surface area contributed by atoms with Crippen molar-refractivity contribution in [2.45, 2.75) is 13.5 Å². The normalized spacial score (nSPS) is 10.6. The van der Waals surface area contributed by atoms with Gasteiger partial charge in [0.05, 0.1) is 7.11 Å². The highest BCUT2D eigenvalue weighted by atomic mass is 16.5. The first-order valence-corrected chi connectivity index (χ1v) is 6.86. The molecule has 2 aromatic rings. The van der Waals surface area contributed by atoms with Gasteiger partial charge in [0.2, 0.25) is 0 Å². The molecule has 0 atom stereocenters. The van der Waals surface area contributed by atoms with Gasteiger partial charge in [-0.2, -0.15) is 0 Å². The van der Waals surface area contributed by atoms with E-state index in [2.05, 4.69) is 6.07 Å². The Morgan fingerprint density at radius 1 is 1.18 bits per heavy atom. The summed E-state index contributed by atoms with van der Waals surface area (Å²) in [4.78, 5) is 10.5. The van der Waals surface area contributed by atoms with Crippen LogP contribution in [0.15, 0.2) is 48.5 Å². The van der Waals surface area contributed by atoms with Gasteiger partial charge in [0, 0.05) is 6.08 Å². The van der Waals surface area contributed by atoms with Crippen LogP contribution in [0, 0.1) is 6.92 Å². The molecule has 0 radical (unpaired) electrons. The van der Waals surface area contributed by atoms with E-state index in [1.54, 1.807) is 25.3 Å². The number of hydrogen-bond acceptors (Lipinski definition) is 3. The molecule has 114 valence electrons. The summed E-state index contributed by atoms with van der Waals surface area (Å²) in [6.45, 7) is 2.48. The lowest BCUT2D eigenvalue weighted by molar-refractivity contribution is -0.131. The van der Waals surface area contributed by atoms with Gasteiger partial charge < -0.3 is 14.6 Å². The first-order chi connectivity index (χ1) is 10.6. The summed E-state index contributed by atoms with van der Waals surface area (Å²) < 4.78 is 11.1. The molecule has 0 aliphatic rings. The summed E-state index contributed by atoms with van der Waals surface area (Å²) in [6.07, 6.45) is 2.59. The molecular formula is C18H18O4. The van der Waals surface area contributed by atoms with E-state index in [-0.39, 0.29) is 0 Å². The van der Waals surface area contributed by atoms with Crippen LogP contribution in [0.5, 0.6) is 11.5 Å². The number of carboxylic acids is 1. The third-order valence-corrected chi connectivity index (χ3v) is 3.08. The lowest BCUT2D eigenvalue weighted by Crippen LogP contribution is -1.98. The van der Waals surface area contributed by atoms with Crippen molar-refractivity contribution in [1.82, 2.24) is 0 Å². The quantitative estimate of drug-likeness (QED) is 0.827. The van der Waals surface area contributed by atoms with Crippen molar-refractivity contribution >= 4 is 12.0 Å². The number of hydrogen-bond donors (Lipinski definition) is 1. The second kappa shape index (κ2) is 7.31. The molecule has 0 aliphatic carbocycles. The highest BCUT2D eigenvalue weighted by molar-refractivity contribution is 5.85. The number of benzene rings is 2. The summed E-state index contributed by atoms with van der Waals surface area (Å²) in [5.74, 6) is 0.204. The Hall–Kier alpha value is -2.75. The Labute approximate surface area is 129 Å². The standard InChI is InChI=1S/C18H18O4/c1-13-4-3-5-15(10-13)12-22-16-8-6-14(7-9-18(19)20)11-17(16)21-2/h3-11H,12H2,1-2H3,(H,19,20). The van der Waals surface area contributed by atoms with Gasteiger partial charge in [-0.3, -0.25) is 0 Å². The van der Waals surface area contributed by atoms with E-state index in [9.17, 15) is 4.79 Å². The van der Waals surface area contributed by atoms with Gasteiger partial charge in [0.1, 0.15) is 6.61 Å². The first-order valence-electron chi connectivity index (χ1n) is 6.86. The van der Waals surface area contributed by atoms with Crippen LogP contribution in [-0.4, -0.2) is 18.2 Å². The molecule has 0 spiro atoms. The molecule has 22 heavy (non-hydrogen) atoms. The van der Waals surface area contributed by atoms with Gasteiger partial charge in [-0.05, 0) is 36.3 Å². The minimum Gasteiger partial charge on any atom is -0.493 e. The maximum absolute atomic E-state index is 10.5. The van der Waals surface area contributed by atoms with Crippen LogP contribution in [0.3, 0.4) is 0 Å². The van der Waals surface area contributed by atoms with Crippen molar-refractivity contribution < 1.29 is 19.4 Å². The summed E-state index contributed by atoms with van der Waals surface area (Å²) in [6, 6.07) is 13.4. The van der Waals surface area contributed by atoms with Gasteiger partial charge in [-0.15, -0.1) is 0 Å². The second-order valence-electron chi connectivity index (χ2n) is 4.86. The van der Waals surface area contributed by atoms with E-state index in [1.165, 1.54) is 11.6 Å². The third-order valence-electron chi connectivity index (χ3n) is 3.08. The van der Waals surface area contributed by atoms with Crippen molar-refractivity contribution in [3.8, 4) is 11.5 Å². The van der Waals surface area contributed by atoms with Gasteiger partial charge >= 0.3 is 5.97 Å². The number of aliphatic carboxylic acids is 1. The summed E-state index contributed by atoms with van der Waals surface area (Å²) >= 11 is 0. The van der Waals surface area contributed by atoms with Gasteiger partial charge in [-0.1, -0.05) is 35.9 Å². The molecule has 0 bridgehead atoms. The highest BCUT2D eigenvalue weighted by Gasteiger charge is 2.05. The molecule has 2 aromatic carbocycles. The van der Waals surface area contributed by atoms with Crippen molar-refractivity contribution in [1.29, 1.82) is 0 Å². The van der Waals surface area contributed by atoms with E-state index in [4.69, 9.17) is 14.6 Å². The SMILES string of the molecule is COc1cc(C=CC(=O)O)ccc1OCc1cccc(C)c1. The van der Waals surface area contributed by atoms with Gasteiger partial charge in [-0.25, -0.2) is 4.79 Å². The van der Waals surface area contributed by atoms with E-state index < -0.39 is 5.97 Å². The fourth-order valence-corrected chi connectivity index (χ4v) is 2.04. The lowest BCUT2D eigenvalue weighted by atomic mass is 10.1. The van der Waals surface area contributed by atoms with Crippen molar-refractivity contribution in [2.75, 3.05) is 7.11 Å². The fourth-order valence-electron chi connectivity index (χ4n) is 2.04. The zero-order valence-corrected chi connectivity index (χ0v) is 12.6. The third kappa shape index (κ3) is 4.38. The fraction of sp³-hybridized carbons (Fsp3) is 0.167. The minimum absolute atomic E-state index is 0.447. The molecule has 0 saturated carbocycles. The number of ether oxygens (including phenoxy) is 2. The van der Waals surface area contributed by atoms with Crippen LogP contribution in [0.2, 0.25) is 0 Å². The Balaban J connectivity index is 2.12. The molecule has 0 aromatic heterocycles. The number of carbonyl (C=O) groups is 1. The molecule has 0 heterocycles. The molecule has 0 amide bonds. The van der Waals surface area contributed by atoms with Crippen LogP contribution < -0.4 is 9.47 Å². The predicted molar refractivity (Wildman–Crippen MR) is 85.2 cm³/mol. The van der Waals surface area contributed by atoms with Gasteiger partial charge in [0.25, 0.3) is 0 Å². The van der Waals surface area contributed by atoms with Crippen LogP contribution in [0.1, 0.15) is 16.7 Å². The maximum atomic E-state index is 10.5. The number of aryl methyl sites for hydroxylation is 1. The maximum Gasteiger partial charge on any atom is 0.328 e. The van der Waals surface area contributed by atoms with Crippen LogP contribution in [0.4, 0.5) is 0 Å². The Bertz CT molecular complexity index is 689. The Morgan fingerprint density at radius 2 is 2.00 bits per heavy atom. The predicted octanol–water partition coefficient (Wildman–Crippen LogP) is 3.68. The zero-order chi connectivity index (χ0) is 15.9. The number of rotatable bonds is 6. The molecule has 4 heteroatoms. The van der Waals surface area contributed by atoms with Crippen LogP contribution in [-0.2, 0) is 11.4 Å². The van der Waals surface area contributed by atoms with Gasteiger partial charge in [0.15, 0.2) is 11.5 Å². The van der Waals surface area contributed by atoms with Crippen LogP contribution in [0.25, 0.3) is 6.08 Å². The number of carboxylic acid groups (broad SMARTS) is 1. The average molecular weight is 298 g/mol. The Kier molecular flexibility index (Phi) is 5.20. The lowest BCUT2D eigenvalue weighted by Gasteiger charge is -2.11. The summed E-state index contributed by atoms with van der Waals surface area (Å²) in [5.41, 5.74) is 3.00. The highest BCUT2D eigenvalue weighted by Crippen LogP contribution is 2.29. The summed E-state index contributed by atoms with van der Waals surface area (Å²) in [7, 11) is 1.56. The second-order valence-corrected chi connectivity index (χ2v) is 4.86. The monoisotopic (exact) mass is 298 g/mol. The zero-order valence-electron chi connectivity index (χ0n) is 12.6. The van der Waals surface area contributed by atoms with E-state index in [1.807, 2.05) is 25.1 Å². The summed E-state index contributed by atoms with van der Waals surface area (Å²) in [5, 5.41) is 8.65. The van der Waals surface area contributed by atoms with Crippen molar-refractivity contribution in [3.05, 3.63) is 65.2 Å². The largest absolute Gasteiger partial charge is 0.493 e. The van der Waals surface area contributed by atoms with Crippen molar-refractivity contribution in [3.63, 3.8) is 0 Å². The molecular weight excluding hydrogens is 280 g/mol. The number of methoxy groups -OCH3 is 1. The van der Waals surface area contributed by atoms with Crippen molar-refractivity contribution in [2.24, 2.45) is 0 Å². The topological polar surface area (TPSA) is 55.8 Å². The van der Waals surface area contributed by atoms with E-state index in [0.29, 0.717) is 18.1 Å². The molecule has 0 aliphatic heterocycles. The van der Waals surface area contributed by atoms with E-state index in [0.717, 1.165) is 17.2 Å². The average Bonchev–Trinajstić information content (AvgIpc) is 2.51. The molecule has 4 nitrogen and oxygen atoms in total.